The number of fused-ring (bicyclic) bond motifs is 4. The summed E-state index contributed by atoms with van der Waals surface area (Å²) < 4.78 is 0. The van der Waals surface area contributed by atoms with E-state index in [1.54, 1.807) is 0 Å². The Kier molecular flexibility index (Phi) is 5.24. The highest BCUT2D eigenvalue weighted by atomic mass is 14.2. The maximum Gasteiger partial charge on any atom is -0.00139 e. The smallest absolute Gasteiger partial charge is 0.00139 e. The van der Waals surface area contributed by atoms with Crippen LogP contribution in [0.1, 0.15) is 0 Å². The van der Waals surface area contributed by atoms with Gasteiger partial charge in [0.1, 0.15) is 0 Å². The van der Waals surface area contributed by atoms with Crippen LogP contribution in [0.3, 0.4) is 0 Å². The Morgan fingerprint density at radius 1 is 0.275 bits per heavy atom. The molecule has 0 unspecified atom stereocenters. The molecule has 0 fully saturated rings. The summed E-state index contributed by atoms with van der Waals surface area (Å²) in [6, 6.07) is 57.6. The van der Waals surface area contributed by atoms with Crippen molar-refractivity contribution in [2.45, 2.75) is 0 Å². The molecule has 0 spiro atoms. The van der Waals surface area contributed by atoms with Crippen LogP contribution in [0.4, 0.5) is 0 Å². The second-order valence-electron chi connectivity index (χ2n) is 10.5. The van der Waals surface area contributed by atoms with E-state index in [0.717, 1.165) is 0 Å². The lowest BCUT2D eigenvalue weighted by Crippen LogP contribution is -1.93. The van der Waals surface area contributed by atoms with Gasteiger partial charge in [-0.3, -0.25) is 0 Å². The lowest BCUT2D eigenvalue weighted by atomic mass is 9.83. The van der Waals surface area contributed by atoms with Gasteiger partial charge in [-0.15, -0.1) is 0 Å². The van der Waals surface area contributed by atoms with Crippen molar-refractivity contribution in [2.24, 2.45) is 0 Å². The summed E-state index contributed by atoms with van der Waals surface area (Å²) in [6.45, 7) is 0. The van der Waals surface area contributed by atoms with E-state index in [4.69, 9.17) is 0 Å². The molecule has 0 saturated heterocycles. The van der Waals surface area contributed by atoms with Gasteiger partial charge in [0.15, 0.2) is 0 Å². The molecule has 0 N–H and O–H groups in total. The second-order valence-corrected chi connectivity index (χ2v) is 10.5. The monoisotopic (exact) mass is 506 g/mol. The fourth-order valence-corrected chi connectivity index (χ4v) is 6.46. The highest BCUT2D eigenvalue weighted by molar-refractivity contribution is 6.23. The average molecular weight is 507 g/mol. The Hall–Kier alpha value is -5.20. The van der Waals surface area contributed by atoms with Gasteiger partial charge in [0.25, 0.3) is 0 Å². The Balaban J connectivity index is 1.60. The predicted molar refractivity (Wildman–Crippen MR) is 173 cm³/mol. The van der Waals surface area contributed by atoms with Crippen LogP contribution in [-0.2, 0) is 0 Å². The van der Waals surface area contributed by atoms with Gasteiger partial charge in [-0.25, -0.2) is 0 Å². The lowest BCUT2D eigenvalue weighted by Gasteiger charge is -2.20. The summed E-state index contributed by atoms with van der Waals surface area (Å²) in [4.78, 5) is 0. The van der Waals surface area contributed by atoms with Gasteiger partial charge >= 0.3 is 0 Å². The van der Waals surface area contributed by atoms with Gasteiger partial charge < -0.3 is 0 Å². The molecule has 0 bridgehead atoms. The zero-order valence-electron chi connectivity index (χ0n) is 22.0. The van der Waals surface area contributed by atoms with Crippen LogP contribution in [0, 0.1) is 0 Å². The summed E-state index contributed by atoms with van der Waals surface area (Å²) in [5.41, 5.74) is 7.58. The first-order valence-electron chi connectivity index (χ1n) is 13.9. The minimum Gasteiger partial charge on any atom is -0.0622 e. The quantitative estimate of drug-likeness (QED) is 0.209. The fourth-order valence-electron chi connectivity index (χ4n) is 6.46. The Morgan fingerprint density at radius 3 is 1.43 bits per heavy atom. The van der Waals surface area contributed by atoms with Crippen molar-refractivity contribution < 1.29 is 0 Å². The molecule has 0 amide bonds. The van der Waals surface area contributed by atoms with Gasteiger partial charge in [-0.2, -0.15) is 0 Å². The Morgan fingerprint density at radius 2 is 0.750 bits per heavy atom. The zero-order valence-corrected chi connectivity index (χ0v) is 22.0. The summed E-state index contributed by atoms with van der Waals surface area (Å²) in [7, 11) is 0. The maximum atomic E-state index is 2.41. The number of benzene rings is 8. The molecule has 0 atom stereocenters. The first kappa shape index (κ1) is 22.8. The number of hydrogen-bond acceptors (Lipinski definition) is 0. The minimum atomic E-state index is 1.24. The van der Waals surface area contributed by atoms with E-state index in [1.165, 1.54) is 76.5 Å². The van der Waals surface area contributed by atoms with Crippen molar-refractivity contribution in [1.29, 1.82) is 0 Å². The van der Waals surface area contributed by atoms with Crippen molar-refractivity contribution in [3.05, 3.63) is 158 Å². The first-order chi connectivity index (χ1) is 19.9. The molecular weight excluding hydrogens is 480 g/mol. The molecule has 8 aromatic carbocycles. The molecule has 8 aromatic rings. The SMILES string of the molecule is c1ccc(-c2c3ccccc3cc3c(-c4cccc5ccccc45)ccc(-c4cccc5ccccc45)c23)cc1. The average Bonchev–Trinajstić information content (AvgIpc) is 3.03. The Labute approximate surface area is 233 Å². The molecule has 0 aliphatic carbocycles. The van der Waals surface area contributed by atoms with Crippen LogP contribution in [0.5, 0.6) is 0 Å². The predicted octanol–water partition coefficient (Wildman–Crippen LogP) is 11.3. The van der Waals surface area contributed by atoms with Crippen LogP contribution in [0.2, 0.25) is 0 Å². The standard InChI is InChI=1S/C40H26/c1-2-14-29(15-3-1)39-33-21-9-6-16-30(33)26-38-36(34-22-10-17-27-12-4-7-19-31(27)34)24-25-37(40(38)39)35-23-11-18-28-13-5-8-20-32(28)35/h1-26H. The summed E-state index contributed by atoms with van der Waals surface area (Å²) in [6.07, 6.45) is 0. The van der Waals surface area contributed by atoms with E-state index in [-0.39, 0.29) is 0 Å². The minimum absolute atomic E-state index is 1.24. The molecule has 40 heavy (non-hydrogen) atoms. The van der Waals surface area contributed by atoms with Crippen LogP contribution < -0.4 is 0 Å². The van der Waals surface area contributed by atoms with E-state index >= 15 is 0 Å². The van der Waals surface area contributed by atoms with Crippen molar-refractivity contribution in [3.63, 3.8) is 0 Å². The highest BCUT2D eigenvalue weighted by Gasteiger charge is 2.19. The van der Waals surface area contributed by atoms with Crippen LogP contribution in [0.25, 0.3) is 76.5 Å². The fraction of sp³-hybridized carbons (Fsp3) is 0. The molecule has 0 heterocycles. The summed E-state index contributed by atoms with van der Waals surface area (Å²) in [5.74, 6) is 0. The Bertz CT molecular complexity index is 2190. The molecule has 0 heteroatoms. The molecule has 0 aliphatic heterocycles. The van der Waals surface area contributed by atoms with E-state index in [9.17, 15) is 0 Å². The van der Waals surface area contributed by atoms with Gasteiger partial charge in [-0.05, 0) is 82.5 Å². The molecule has 8 rings (SSSR count). The zero-order chi connectivity index (χ0) is 26.5. The van der Waals surface area contributed by atoms with Gasteiger partial charge in [0.2, 0.25) is 0 Å². The summed E-state index contributed by atoms with van der Waals surface area (Å²) in [5, 5.41) is 10.2. The third kappa shape index (κ3) is 3.54. The normalized spacial score (nSPS) is 11.5. The molecule has 0 radical (unpaired) electrons. The molecule has 0 aliphatic rings. The van der Waals surface area contributed by atoms with E-state index in [2.05, 4.69) is 158 Å². The maximum absolute atomic E-state index is 2.41. The highest BCUT2D eigenvalue weighted by Crippen LogP contribution is 2.46. The topological polar surface area (TPSA) is 0 Å². The molecule has 0 nitrogen and oxygen atoms in total. The largest absolute Gasteiger partial charge is 0.0622 e. The van der Waals surface area contributed by atoms with Gasteiger partial charge in [0, 0.05) is 0 Å². The third-order valence-corrected chi connectivity index (χ3v) is 8.25. The lowest BCUT2D eigenvalue weighted by molar-refractivity contribution is 1.65. The van der Waals surface area contributed by atoms with Crippen molar-refractivity contribution in [2.75, 3.05) is 0 Å². The van der Waals surface area contributed by atoms with Crippen LogP contribution >= 0.6 is 0 Å². The first-order valence-corrected chi connectivity index (χ1v) is 13.9. The second kappa shape index (κ2) is 9.22. The number of hydrogen-bond donors (Lipinski definition) is 0. The third-order valence-electron chi connectivity index (χ3n) is 8.25. The van der Waals surface area contributed by atoms with Gasteiger partial charge in [0.05, 0.1) is 0 Å². The van der Waals surface area contributed by atoms with E-state index < -0.39 is 0 Å². The van der Waals surface area contributed by atoms with Crippen molar-refractivity contribution in [3.8, 4) is 33.4 Å². The molecular formula is C40H26. The molecule has 0 saturated carbocycles. The van der Waals surface area contributed by atoms with E-state index in [1.807, 2.05) is 0 Å². The van der Waals surface area contributed by atoms with Crippen LogP contribution in [-0.4, -0.2) is 0 Å². The molecule has 0 aromatic heterocycles. The van der Waals surface area contributed by atoms with Crippen molar-refractivity contribution in [1.82, 2.24) is 0 Å². The van der Waals surface area contributed by atoms with Crippen molar-refractivity contribution >= 4 is 43.1 Å². The summed E-state index contributed by atoms with van der Waals surface area (Å²) >= 11 is 0. The van der Waals surface area contributed by atoms with Crippen LogP contribution in [0.15, 0.2) is 158 Å². The van der Waals surface area contributed by atoms with Gasteiger partial charge in [-0.1, -0.05) is 152 Å². The number of rotatable bonds is 3. The molecule has 186 valence electrons. The van der Waals surface area contributed by atoms with E-state index in [0.29, 0.717) is 0 Å².